The van der Waals surface area contributed by atoms with Crippen molar-refractivity contribution in [3.8, 4) is 0 Å². The predicted molar refractivity (Wildman–Crippen MR) is 56.1 cm³/mol. The molecule has 1 aromatic heterocycles. The molecule has 15 heavy (non-hydrogen) atoms. The van der Waals surface area contributed by atoms with Gasteiger partial charge in [0.1, 0.15) is 5.82 Å². The van der Waals surface area contributed by atoms with E-state index in [1.165, 1.54) is 6.07 Å². The van der Waals surface area contributed by atoms with Crippen molar-refractivity contribution in [2.24, 2.45) is 0 Å². The zero-order valence-corrected chi connectivity index (χ0v) is 8.26. The van der Waals surface area contributed by atoms with Crippen molar-refractivity contribution in [3.63, 3.8) is 0 Å². The molecular formula is C12H12FNO. The Hall–Kier alpha value is -1.35. The van der Waals surface area contributed by atoms with Crippen LogP contribution in [-0.2, 0) is 6.42 Å². The summed E-state index contributed by atoms with van der Waals surface area (Å²) in [5.41, 5.74) is 0.891. The SMILES string of the molecule is OC1(Cc2cc3[nH]ccc3cc2F)CC1. The molecule has 1 fully saturated rings. The van der Waals surface area contributed by atoms with Crippen molar-refractivity contribution in [1.29, 1.82) is 0 Å². The average molecular weight is 205 g/mol. The van der Waals surface area contributed by atoms with Crippen LogP contribution in [0.3, 0.4) is 0 Å². The standard InChI is InChI=1S/C12H12FNO/c13-10-5-8-1-4-14-11(8)6-9(10)7-12(15)2-3-12/h1,4-6,14-15H,2-3,7H2. The van der Waals surface area contributed by atoms with E-state index in [2.05, 4.69) is 4.98 Å². The van der Waals surface area contributed by atoms with Crippen LogP contribution in [0.25, 0.3) is 10.9 Å². The van der Waals surface area contributed by atoms with E-state index in [-0.39, 0.29) is 5.82 Å². The van der Waals surface area contributed by atoms with E-state index in [4.69, 9.17) is 0 Å². The Balaban J connectivity index is 2.05. The third kappa shape index (κ3) is 1.53. The number of rotatable bonds is 2. The van der Waals surface area contributed by atoms with Crippen LogP contribution in [0.4, 0.5) is 4.39 Å². The molecule has 0 saturated heterocycles. The van der Waals surface area contributed by atoms with Gasteiger partial charge in [0.25, 0.3) is 0 Å². The number of aromatic amines is 1. The van der Waals surface area contributed by atoms with Gasteiger partial charge in [0.05, 0.1) is 5.60 Å². The van der Waals surface area contributed by atoms with E-state index in [1.54, 1.807) is 12.3 Å². The minimum atomic E-state index is -0.638. The number of nitrogens with one attached hydrogen (secondary N) is 1. The summed E-state index contributed by atoms with van der Waals surface area (Å²) in [6, 6.07) is 5.15. The molecule has 1 aliphatic carbocycles. The van der Waals surface area contributed by atoms with Crippen LogP contribution in [0, 0.1) is 5.82 Å². The minimum Gasteiger partial charge on any atom is -0.390 e. The van der Waals surface area contributed by atoms with Crippen LogP contribution in [0.15, 0.2) is 24.4 Å². The van der Waals surface area contributed by atoms with E-state index in [9.17, 15) is 9.50 Å². The first-order valence-electron chi connectivity index (χ1n) is 5.14. The number of H-pyrrole nitrogens is 1. The molecule has 0 aliphatic heterocycles. The molecule has 0 bridgehead atoms. The lowest BCUT2D eigenvalue weighted by molar-refractivity contribution is 0.150. The van der Waals surface area contributed by atoms with Gasteiger partial charge in [0.2, 0.25) is 0 Å². The fourth-order valence-electron chi connectivity index (χ4n) is 1.93. The second kappa shape index (κ2) is 2.83. The molecule has 0 unspecified atom stereocenters. The fraction of sp³-hybridized carbons (Fsp3) is 0.333. The van der Waals surface area contributed by atoms with Crippen molar-refractivity contribution in [2.45, 2.75) is 24.9 Å². The Labute approximate surface area is 86.7 Å². The summed E-state index contributed by atoms with van der Waals surface area (Å²) in [7, 11) is 0. The number of fused-ring (bicyclic) bond motifs is 1. The Morgan fingerprint density at radius 2 is 2.20 bits per heavy atom. The van der Waals surface area contributed by atoms with Gasteiger partial charge in [-0.2, -0.15) is 0 Å². The molecule has 78 valence electrons. The maximum Gasteiger partial charge on any atom is 0.127 e. The average Bonchev–Trinajstić information content (AvgIpc) is 2.74. The first-order valence-corrected chi connectivity index (χ1v) is 5.14. The second-order valence-corrected chi connectivity index (χ2v) is 4.41. The van der Waals surface area contributed by atoms with E-state index < -0.39 is 5.60 Å². The Morgan fingerprint density at radius 3 is 2.93 bits per heavy atom. The van der Waals surface area contributed by atoms with Crippen LogP contribution >= 0.6 is 0 Å². The predicted octanol–water partition coefficient (Wildman–Crippen LogP) is 2.37. The van der Waals surface area contributed by atoms with E-state index in [0.717, 1.165) is 23.7 Å². The number of hydrogen-bond donors (Lipinski definition) is 2. The van der Waals surface area contributed by atoms with Gasteiger partial charge in [-0.25, -0.2) is 4.39 Å². The maximum atomic E-state index is 13.6. The molecule has 3 heteroatoms. The molecule has 3 rings (SSSR count). The van der Waals surface area contributed by atoms with Gasteiger partial charge in [-0.1, -0.05) is 0 Å². The van der Waals surface area contributed by atoms with E-state index >= 15 is 0 Å². The molecular weight excluding hydrogens is 193 g/mol. The molecule has 1 aliphatic rings. The smallest absolute Gasteiger partial charge is 0.127 e. The first kappa shape index (κ1) is 8.92. The molecule has 0 radical (unpaired) electrons. The summed E-state index contributed by atoms with van der Waals surface area (Å²) in [5.74, 6) is -0.220. The zero-order chi connectivity index (χ0) is 10.5. The highest BCUT2D eigenvalue weighted by molar-refractivity contribution is 5.80. The van der Waals surface area contributed by atoms with Gasteiger partial charge in [-0.15, -0.1) is 0 Å². The number of benzene rings is 1. The van der Waals surface area contributed by atoms with Crippen molar-refractivity contribution in [1.82, 2.24) is 4.98 Å². The van der Waals surface area contributed by atoms with Crippen molar-refractivity contribution in [3.05, 3.63) is 35.8 Å². The molecule has 2 aromatic rings. The van der Waals surface area contributed by atoms with Crippen LogP contribution in [0.1, 0.15) is 18.4 Å². The fourth-order valence-corrected chi connectivity index (χ4v) is 1.93. The van der Waals surface area contributed by atoms with Gasteiger partial charge in [-0.05, 0) is 36.6 Å². The van der Waals surface area contributed by atoms with Crippen molar-refractivity contribution >= 4 is 10.9 Å². The van der Waals surface area contributed by atoms with Crippen LogP contribution in [0.5, 0.6) is 0 Å². The second-order valence-electron chi connectivity index (χ2n) is 4.41. The summed E-state index contributed by atoms with van der Waals surface area (Å²) in [5, 5.41) is 10.6. The Morgan fingerprint density at radius 1 is 1.40 bits per heavy atom. The van der Waals surface area contributed by atoms with Gasteiger partial charge < -0.3 is 10.1 Å². The highest BCUT2D eigenvalue weighted by Gasteiger charge is 2.40. The topological polar surface area (TPSA) is 36.0 Å². The third-order valence-electron chi connectivity index (χ3n) is 3.07. The minimum absolute atomic E-state index is 0.220. The van der Waals surface area contributed by atoms with Gasteiger partial charge in [-0.3, -0.25) is 0 Å². The van der Waals surface area contributed by atoms with Gasteiger partial charge in [0.15, 0.2) is 0 Å². The Bertz CT molecular complexity index is 513. The molecule has 1 heterocycles. The quantitative estimate of drug-likeness (QED) is 0.775. The van der Waals surface area contributed by atoms with E-state index in [1.807, 2.05) is 6.07 Å². The van der Waals surface area contributed by atoms with Gasteiger partial charge >= 0.3 is 0 Å². The zero-order valence-electron chi connectivity index (χ0n) is 8.26. The van der Waals surface area contributed by atoms with Gasteiger partial charge in [0, 0.05) is 23.5 Å². The molecule has 0 atom stereocenters. The lowest BCUT2D eigenvalue weighted by atomic mass is 10.0. The summed E-state index contributed by atoms with van der Waals surface area (Å²) >= 11 is 0. The Kier molecular flexibility index (Phi) is 1.68. The summed E-state index contributed by atoms with van der Waals surface area (Å²) in [6.45, 7) is 0. The molecule has 2 N–H and O–H groups in total. The summed E-state index contributed by atoms with van der Waals surface area (Å²) in [4.78, 5) is 3.05. The number of hydrogen-bond acceptors (Lipinski definition) is 1. The molecule has 0 spiro atoms. The van der Waals surface area contributed by atoms with Crippen LogP contribution in [-0.4, -0.2) is 15.7 Å². The summed E-state index contributed by atoms with van der Waals surface area (Å²) in [6.07, 6.45) is 3.79. The largest absolute Gasteiger partial charge is 0.390 e. The normalized spacial score (nSPS) is 18.3. The van der Waals surface area contributed by atoms with Crippen molar-refractivity contribution < 1.29 is 9.50 Å². The first-order chi connectivity index (χ1) is 7.16. The molecule has 2 nitrogen and oxygen atoms in total. The number of halogens is 1. The van der Waals surface area contributed by atoms with Crippen molar-refractivity contribution in [2.75, 3.05) is 0 Å². The lowest BCUT2D eigenvalue weighted by Crippen LogP contribution is -2.11. The third-order valence-corrected chi connectivity index (χ3v) is 3.07. The molecule has 0 amide bonds. The number of aromatic nitrogens is 1. The lowest BCUT2D eigenvalue weighted by Gasteiger charge is -2.08. The summed E-state index contributed by atoms with van der Waals surface area (Å²) < 4.78 is 13.6. The number of aliphatic hydroxyl groups is 1. The highest BCUT2D eigenvalue weighted by Crippen LogP contribution is 2.39. The van der Waals surface area contributed by atoms with Crippen LogP contribution in [0.2, 0.25) is 0 Å². The van der Waals surface area contributed by atoms with E-state index in [0.29, 0.717) is 12.0 Å². The highest BCUT2D eigenvalue weighted by atomic mass is 19.1. The van der Waals surface area contributed by atoms with Crippen LogP contribution < -0.4 is 0 Å². The molecule has 1 saturated carbocycles. The molecule has 1 aromatic carbocycles. The monoisotopic (exact) mass is 205 g/mol. The maximum absolute atomic E-state index is 13.6.